The molecule has 0 radical (unpaired) electrons. The van der Waals surface area contributed by atoms with Gasteiger partial charge in [-0.2, -0.15) is 0 Å². The van der Waals surface area contributed by atoms with Crippen LogP contribution in [0.4, 0.5) is 5.82 Å². The number of halogens is 1. The van der Waals surface area contributed by atoms with Crippen LogP contribution in [0.15, 0.2) is 36.4 Å². The Balaban J connectivity index is 1.80. The minimum Gasteiger partial charge on any atom is -0.393 e. The van der Waals surface area contributed by atoms with Crippen LogP contribution in [-0.2, 0) is 0 Å². The minimum absolute atomic E-state index is 0.179. The average Bonchev–Trinajstić information content (AvgIpc) is 2.49. The monoisotopic (exact) mass is 289 g/mol. The van der Waals surface area contributed by atoms with Crippen molar-refractivity contribution in [2.24, 2.45) is 0 Å². The Kier molecular flexibility index (Phi) is 3.85. The van der Waals surface area contributed by atoms with Crippen molar-refractivity contribution < 1.29 is 5.11 Å². The van der Waals surface area contributed by atoms with Crippen LogP contribution in [0, 0.1) is 0 Å². The molecule has 3 rings (SSSR count). The standard InChI is InChI=1S/C15H16ClN3O/c16-13-4-2-1-3-12(13)14-5-6-15(18-17-14)19-9-7-11(20)8-10-19/h1-6,11,20H,7-10H2. The number of piperidine rings is 1. The Labute approximate surface area is 123 Å². The lowest BCUT2D eigenvalue weighted by atomic mass is 10.1. The third-order valence-electron chi connectivity index (χ3n) is 3.59. The zero-order valence-electron chi connectivity index (χ0n) is 11.0. The molecule has 104 valence electrons. The molecule has 4 nitrogen and oxygen atoms in total. The van der Waals surface area contributed by atoms with Gasteiger partial charge in [-0.3, -0.25) is 0 Å². The van der Waals surface area contributed by atoms with Crippen LogP contribution in [0.25, 0.3) is 11.3 Å². The van der Waals surface area contributed by atoms with Gasteiger partial charge in [0, 0.05) is 18.7 Å². The van der Waals surface area contributed by atoms with Crippen molar-refractivity contribution in [1.82, 2.24) is 10.2 Å². The second kappa shape index (κ2) is 5.77. The van der Waals surface area contributed by atoms with Gasteiger partial charge in [0.1, 0.15) is 0 Å². The molecule has 0 saturated carbocycles. The lowest BCUT2D eigenvalue weighted by Gasteiger charge is -2.30. The van der Waals surface area contributed by atoms with Gasteiger partial charge >= 0.3 is 0 Å². The number of nitrogens with zero attached hydrogens (tertiary/aromatic N) is 3. The van der Waals surface area contributed by atoms with Crippen LogP contribution >= 0.6 is 11.6 Å². The Morgan fingerprint density at radius 3 is 2.45 bits per heavy atom. The number of benzene rings is 1. The average molecular weight is 290 g/mol. The summed E-state index contributed by atoms with van der Waals surface area (Å²) in [6.07, 6.45) is 1.39. The Morgan fingerprint density at radius 1 is 1.05 bits per heavy atom. The molecule has 0 bridgehead atoms. The van der Waals surface area contributed by atoms with Crippen LogP contribution in [0.5, 0.6) is 0 Å². The molecule has 0 aliphatic carbocycles. The number of hydrogen-bond acceptors (Lipinski definition) is 4. The number of aromatic nitrogens is 2. The van der Waals surface area contributed by atoms with Gasteiger partial charge in [-0.25, -0.2) is 0 Å². The zero-order chi connectivity index (χ0) is 13.9. The second-order valence-corrected chi connectivity index (χ2v) is 5.38. The number of hydrogen-bond donors (Lipinski definition) is 1. The number of rotatable bonds is 2. The molecule has 2 aromatic rings. The van der Waals surface area contributed by atoms with Gasteiger partial charge in [-0.15, -0.1) is 10.2 Å². The molecule has 1 aliphatic rings. The smallest absolute Gasteiger partial charge is 0.151 e. The fraction of sp³-hybridized carbons (Fsp3) is 0.333. The molecular weight excluding hydrogens is 274 g/mol. The number of anilines is 1. The molecule has 5 heteroatoms. The molecular formula is C15H16ClN3O. The van der Waals surface area contributed by atoms with E-state index in [1.807, 2.05) is 36.4 Å². The van der Waals surface area contributed by atoms with Gasteiger partial charge in [0.25, 0.3) is 0 Å². The third-order valence-corrected chi connectivity index (χ3v) is 3.92. The first-order valence-electron chi connectivity index (χ1n) is 6.75. The van der Waals surface area contributed by atoms with Crippen molar-refractivity contribution in [2.75, 3.05) is 18.0 Å². The predicted octanol–water partition coefficient (Wildman–Crippen LogP) is 2.76. The Morgan fingerprint density at radius 2 is 1.80 bits per heavy atom. The summed E-state index contributed by atoms with van der Waals surface area (Å²) < 4.78 is 0. The highest BCUT2D eigenvalue weighted by Crippen LogP contribution is 2.26. The maximum atomic E-state index is 9.52. The van der Waals surface area contributed by atoms with Crippen LogP contribution < -0.4 is 4.90 Å². The molecule has 2 heterocycles. The topological polar surface area (TPSA) is 49.2 Å². The summed E-state index contributed by atoms with van der Waals surface area (Å²) in [6.45, 7) is 1.64. The molecule has 1 aliphatic heterocycles. The molecule has 0 unspecified atom stereocenters. The summed E-state index contributed by atoms with van der Waals surface area (Å²) in [7, 11) is 0. The molecule has 0 atom stereocenters. The summed E-state index contributed by atoms with van der Waals surface area (Å²) in [6, 6.07) is 11.5. The molecule has 1 saturated heterocycles. The maximum absolute atomic E-state index is 9.52. The summed E-state index contributed by atoms with van der Waals surface area (Å²) in [5, 5.41) is 18.7. The molecule has 1 fully saturated rings. The first-order chi connectivity index (χ1) is 9.74. The first-order valence-corrected chi connectivity index (χ1v) is 7.13. The van der Waals surface area contributed by atoms with E-state index in [0.717, 1.165) is 43.0 Å². The first kappa shape index (κ1) is 13.3. The van der Waals surface area contributed by atoms with E-state index >= 15 is 0 Å². The van der Waals surface area contributed by atoms with Gasteiger partial charge in [0.2, 0.25) is 0 Å². The lowest BCUT2D eigenvalue weighted by Crippen LogP contribution is -2.36. The maximum Gasteiger partial charge on any atom is 0.151 e. The van der Waals surface area contributed by atoms with Crippen molar-refractivity contribution in [2.45, 2.75) is 18.9 Å². The van der Waals surface area contributed by atoms with Gasteiger partial charge < -0.3 is 10.0 Å². The molecule has 1 aromatic carbocycles. The van der Waals surface area contributed by atoms with Crippen LogP contribution in [0.2, 0.25) is 5.02 Å². The van der Waals surface area contributed by atoms with Crippen molar-refractivity contribution in [3.05, 3.63) is 41.4 Å². The number of aliphatic hydroxyl groups excluding tert-OH is 1. The fourth-order valence-electron chi connectivity index (χ4n) is 2.40. The van der Waals surface area contributed by atoms with E-state index in [1.165, 1.54) is 0 Å². The van der Waals surface area contributed by atoms with Gasteiger partial charge in [-0.05, 0) is 31.0 Å². The van der Waals surface area contributed by atoms with Gasteiger partial charge in [0.15, 0.2) is 5.82 Å². The van der Waals surface area contributed by atoms with E-state index in [1.54, 1.807) is 0 Å². The molecule has 1 aromatic heterocycles. The molecule has 20 heavy (non-hydrogen) atoms. The third kappa shape index (κ3) is 2.76. The van der Waals surface area contributed by atoms with E-state index in [9.17, 15) is 5.11 Å². The van der Waals surface area contributed by atoms with Crippen molar-refractivity contribution >= 4 is 17.4 Å². The normalized spacial score (nSPS) is 16.4. The van der Waals surface area contributed by atoms with E-state index in [-0.39, 0.29) is 6.10 Å². The molecule has 0 spiro atoms. The molecule has 1 N–H and O–H groups in total. The minimum atomic E-state index is -0.179. The van der Waals surface area contributed by atoms with E-state index in [2.05, 4.69) is 15.1 Å². The van der Waals surface area contributed by atoms with E-state index in [0.29, 0.717) is 5.02 Å². The largest absolute Gasteiger partial charge is 0.393 e. The van der Waals surface area contributed by atoms with Crippen molar-refractivity contribution in [1.29, 1.82) is 0 Å². The summed E-state index contributed by atoms with van der Waals surface area (Å²) in [5.74, 6) is 0.854. The lowest BCUT2D eigenvalue weighted by molar-refractivity contribution is 0.145. The van der Waals surface area contributed by atoms with Gasteiger partial charge in [-0.1, -0.05) is 29.8 Å². The molecule has 0 amide bonds. The number of aliphatic hydroxyl groups is 1. The highest BCUT2D eigenvalue weighted by atomic mass is 35.5. The quantitative estimate of drug-likeness (QED) is 0.923. The second-order valence-electron chi connectivity index (χ2n) is 4.97. The van der Waals surface area contributed by atoms with Crippen LogP contribution in [0.1, 0.15) is 12.8 Å². The highest BCUT2D eigenvalue weighted by Gasteiger charge is 2.18. The predicted molar refractivity (Wildman–Crippen MR) is 79.9 cm³/mol. The summed E-state index contributed by atoms with van der Waals surface area (Å²) in [5.41, 5.74) is 1.67. The van der Waals surface area contributed by atoms with Gasteiger partial charge in [0.05, 0.1) is 16.8 Å². The van der Waals surface area contributed by atoms with Crippen LogP contribution in [-0.4, -0.2) is 34.5 Å². The Bertz CT molecular complexity index is 580. The SMILES string of the molecule is OC1CCN(c2ccc(-c3ccccc3Cl)nn2)CC1. The summed E-state index contributed by atoms with van der Waals surface area (Å²) >= 11 is 6.16. The van der Waals surface area contributed by atoms with Crippen molar-refractivity contribution in [3.8, 4) is 11.3 Å². The Hall–Kier alpha value is -1.65. The highest BCUT2D eigenvalue weighted by molar-refractivity contribution is 6.33. The fourth-order valence-corrected chi connectivity index (χ4v) is 2.63. The van der Waals surface area contributed by atoms with Crippen molar-refractivity contribution in [3.63, 3.8) is 0 Å². The zero-order valence-corrected chi connectivity index (χ0v) is 11.8. The van der Waals surface area contributed by atoms with E-state index in [4.69, 9.17) is 11.6 Å². The van der Waals surface area contributed by atoms with Crippen LogP contribution in [0.3, 0.4) is 0 Å². The summed E-state index contributed by atoms with van der Waals surface area (Å²) in [4.78, 5) is 2.15. The van der Waals surface area contributed by atoms with E-state index < -0.39 is 0 Å².